The first-order chi connectivity index (χ1) is 12.7. The first-order valence-electron chi connectivity index (χ1n) is 9.94. The maximum absolute atomic E-state index is 13.0. The predicted molar refractivity (Wildman–Crippen MR) is 99.6 cm³/mol. The maximum atomic E-state index is 13.0. The molecule has 0 spiro atoms. The zero-order chi connectivity index (χ0) is 17.9. The topological polar surface area (TPSA) is 38.8 Å². The lowest BCUT2D eigenvalue weighted by Crippen LogP contribution is -2.50. The average Bonchev–Trinajstić information content (AvgIpc) is 2.88. The largest absolute Gasteiger partial charge is 0.334 e. The fourth-order valence-corrected chi connectivity index (χ4v) is 4.50. The van der Waals surface area contributed by atoms with Crippen molar-refractivity contribution < 1.29 is 9.18 Å². The molecule has 1 N–H and O–H groups in total. The molecule has 5 rings (SSSR count). The molecule has 4 aliphatic heterocycles. The van der Waals surface area contributed by atoms with Crippen molar-refractivity contribution in [2.75, 3.05) is 45.8 Å². The van der Waals surface area contributed by atoms with Crippen LogP contribution in [0.3, 0.4) is 0 Å². The molecule has 26 heavy (non-hydrogen) atoms. The van der Waals surface area contributed by atoms with Crippen LogP contribution in [0.15, 0.2) is 24.3 Å². The number of nitrogens with zero attached hydrogens (tertiary/aromatic N) is 3. The minimum Gasteiger partial charge on any atom is -0.334 e. The lowest BCUT2D eigenvalue weighted by Gasteiger charge is -2.32. The van der Waals surface area contributed by atoms with Gasteiger partial charge in [-0.2, -0.15) is 0 Å². The second-order valence-electron chi connectivity index (χ2n) is 7.88. The van der Waals surface area contributed by atoms with E-state index in [1.807, 2.05) is 12.1 Å². The van der Waals surface area contributed by atoms with Gasteiger partial charge < -0.3 is 20.0 Å². The highest BCUT2D eigenvalue weighted by atomic mass is 19.1. The van der Waals surface area contributed by atoms with E-state index in [2.05, 4.69) is 20.0 Å². The van der Waals surface area contributed by atoms with Crippen molar-refractivity contribution >= 4 is 6.03 Å². The third kappa shape index (κ3) is 4.18. The summed E-state index contributed by atoms with van der Waals surface area (Å²) in [6.07, 6.45) is 4.16. The molecule has 2 bridgehead atoms. The summed E-state index contributed by atoms with van der Waals surface area (Å²) in [5, 5.41) is 3.27. The van der Waals surface area contributed by atoms with Gasteiger partial charge in [0.05, 0.1) is 0 Å². The fraction of sp³-hybridized carbons (Fsp3) is 0.650. The molecular weight excluding hydrogens is 331 g/mol. The zero-order valence-electron chi connectivity index (χ0n) is 15.4. The number of carbonyl (C=O) groups is 1. The van der Waals surface area contributed by atoms with Gasteiger partial charge in [-0.3, -0.25) is 0 Å². The molecule has 4 aliphatic rings. The summed E-state index contributed by atoms with van der Waals surface area (Å²) in [4.78, 5) is 19.7. The molecule has 4 saturated heterocycles. The summed E-state index contributed by atoms with van der Waals surface area (Å²) in [7, 11) is 0. The van der Waals surface area contributed by atoms with Gasteiger partial charge in [0, 0.05) is 57.9 Å². The van der Waals surface area contributed by atoms with Crippen LogP contribution in [-0.2, 0) is 6.42 Å². The number of hydrogen-bond donors (Lipinski definition) is 1. The summed E-state index contributed by atoms with van der Waals surface area (Å²) in [5.74, 6) is -0.184. The molecule has 1 aromatic carbocycles. The predicted octanol–water partition coefficient (Wildman–Crippen LogP) is 1.93. The molecule has 5 nitrogen and oxygen atoms in total. The smallest absolute Gasteiger partial charge is 0.317 e. The van der Waals surface area contributed by atoms with Crippen LogP contribution in [0.2, 0.25) is 0 Å². The van der Waals surface area contributed by atoms with E-state index in [0.717, 1.165) is 77.1 Å². The van der Waals surface area contributed by atoms with E-state index >= 15 is 0 Å². The minimum absolute atomic E-state index is 0.129. The Morgan fingerprint density at radius 3 is 2.58 bits per heavy atom. The van der Waals surface area contributed by atoms with E-state index in [0.29, 0.717) is 6.04 Å². The highest BCUT2D eigenvalue weighted by Gasteiger charge is 2.33. The van der Waals surface area contributed by atoms with E-state index in [9.17, 15) is 9.18 Å². The van der Waals surface area contributed by atoms with Gasteiger partial charge in [0.15, 0.2) is 0 Å². The number of rotatable bonds is 4. The molecule has 1 atom stereocenters. The molecule has 1 aromatic rings. The lowest BCUT2D eigenvalue weighted by atomic mass is 10.1. The van der Waals surface area contributed by atoms with Crippen LogP contribution < -0.4 is 5.32 Å². The highest BCUT2D eigenvalue weighted by molar-refractivity contribution is 5.75. The summed E-state index contributed by atoms with van der Waals surface area (Å²) in [6, 6.07) is 7.55. The number of amides is 2. The number of piperidine rings is 1. The van der Waals surface area contributed by atoms with E-state index in [-0.39, 0.29) is 17.9 Å². The monoisotopic (exact) mass is 360 g/mol. The summed E-state index contributed by atoms with van der Waals surface area (Å²) in [5.41, 5.74) is 1.16. The second kappa shape index (κ2) is 7.92. The Kier molecular flexibility index (Phi) is 5.41. The van der Waals surface area contributed by atoms with Crippen LogP contribution in [-0.4, -0.2) is 78.6 Å². The Balaban J connectivity index is 1.23. The Morgan fingerprint density at radius 1 is 1.04 bits per heavy atom. The van der Waals surface area contributed by atoms with E-state index < -0.39 is 0 Å². The van der Waals surface area contributed by atoms with E-state index in [1.165, 1.54) is 12.1 Å². The fourth-order valence-electron chi connectivity index (χ4n) is 4.50. The van der Waals surface area contributed by atoms with Crippen LogP contribution in [0.4, 0.5) is 9.18 Å². The van der Waals surface area contributed by atoms with Crippen molar-refractivity contribution in [3.8, 4) is 0 Å². The van der Waals surface area contributed by atoms with Crippen LogP contribution in [0.1, 0.15) is 24.8 Å². The van der Waals surface area contributed by atoms with E-state index in [1.54, 1.807) is 0 Å². The van der Waals surface area contributed by atoms with Gasteiger partial charge in [-0.05, 0) is 43.4 Å². The molecule has 1 unspecified atom stereocenters. The number of carbonyl (C=O) groups excluding carboxylic acids is 1. The Bertz CT molecular complexity index is 615. The molecule has 2 amide bonds. The molecule has 6 heteroatoms. The Morgan fingerprint density at radius 2 is 1.81 bits per heavy atom. The quantitative estimate of drug-likeness (QED) is 0.892. The highest BCUT2D eigenvalue weighted by Crippen LogP contribution is 2.21. The van der Waals surface area contributed by atoms with Crippen molar-refractivity contribution in [3.63, 3.8) is 0 Å². The Hall–Kier alpha value is -1.66. The third-order valence-electron chi connectivity index (χ3n) is 6.15. The molecule has 0 saturated carbocycles. The average molecular weight is 360 g/mol. The van der Waals surface area contributed by atoms with Crippen molar-refractivity contribution in [2.45, 2.75) is 37.8 Å². The molecule has 4 heterocycles. The maximum Gasteiger partial charge on any atom is 0.317 e. The first-order valence-corrected chi connectivity index (χ1v) is 9.94. The van der Waals surface area contributed by atoms with Crippen LogP contribution in [0, 0.1) is 5.82 Å². The molecular formula is C20H29FN4O. The number of hydrogen-bond acceptors (Lipinski definition) is 3. The van der Waals surface area contributed by atoms with Crippen LogP contribution >= 0.6 is 0 Å². The molecule has 0 aliphatic carbocycles. The molecule has 0 aromatic heterocycles. The van der Waals surface area contributed by atoms with E-state index in [4.69, 9.17) is 0 Å². The van der Waals surface area contributed by atoms with Gasteiger partial charge in [0.1, 0.15) is 5.82 Å². The lowest BCUT2D eigenvalue weighted by molar-refractivity contribution is 0.167. The number of urea groups is 1. The van der Waals surface area contributed by atoms with Gasteiger partial charge in [-0.1, -0.05) is 12.1 Å². The second-order valence-corrected chi connectivity index (χ2v) is 7.88. The van der Waals surface area contributed by atoms with Gasteiger partial charge in [-0.15, -0.1) is 0 Å². The van der Waals surface area contributed by atoms with Crippen LogP contribution in [0.5, 0.6) is 0 Å². The normalized spacial score (nSPS) is 29.0. The summed E-state index contributed by atoms with van der Waals surface area (Å²) in [6.45, 7) is 7.03. The first kappa shape index (κ1) is 17.7. The van der Waals surface area contributed by atoms with Gasteiger partial charge in [0.2, 0.25) is 0 Å². The van der Waals surface area contributed by atoms with Gasteiger partial charge >= 0.3 is 6.03 Å². The summed E-state index contributed by atoms with van der Waals surface area (Å²) < 4.78 is 13.0. The molecule has 4 fully saturated rings. The number of benzene rings is 1. The van der Waals surface area contributed by atoms with Crippen molar-refractivity contribution in [1.29, 1.82) is 0 Å². The van der Waals surface area contributed by atoms with Gasteiger partial charge in [0.25, 0.3) is 0 Å². The summed E-state index contributed by atoms with van der Waals surface area (Å²) >= 11 is 0. The van der Waals surface area contributed by atoms with Crippen molar-refractivity contribution in [2.24, 2.45) is 0 Å². The molecule has 0 radical (unpaired) electrons. The Labute approximate surface area is 155 Å². The zero-order valence-corrected chi connectivity index (χ0v) is 15.4. The van der Waals surface area contributed by atoms with Crippen molar-refractivity contribution in [3.05, 3.63) is 35.6 Å². The number of likely N-dealkylation sites (tertiary alicyclic amines) is 1. The van der Waals surface area contributed by atoms with Crippen LogP contribution in [0.25, 0.3) is 0 Å². The minimum atomic E-state index is -0.184. The standard InChI is InChI=1S/C20H29FN4O/c21-17-3-1-16(2-4-17)5-9-24-10-6-18(15-24)22-20(26)25-14-13-23-11-7-19(25)8-12-23/h1-4,18-19H,5-15H2,(H,22,26). The van der Waals surface area contributed by atoms with Crippen molar-refractivity contribution in [1.82, 2.24) is 20.0 Å². The third-order valence-corrected chi connectivity index (χ3v) is 6.15. The SMILES string of the molecule is O=C(NC1CCN(CCc2ccc(F)cc2)C1)N1CCN2CCC1CC2. The van der Waals surface area contributed by atoms with Gasteiger partial charge in [-0.25, -0.2) is 9.18 Å². The number of fused-ring (bicyclic) bond motifs is 4. The molecule has 142 valence electrons. The number of nitrogens with one attached hydrogen (secondary N) is 1. The number of halogens is 1.